The Morgan fingerprint density at radius 2 is 2.12 bits per heavy atom. The molecule has 5 rings (SSSR count). The van der Waals surface area contributed by atoms with Crippen molar-refractivity contribution in [1.29, 1.82) is 0 Å². The number of hydrogen-bond acceptors (Lipinski definition) is 7. The van der Waals surface area contributed by atoms with Gasteiger partial charge in [-0.2, -0.15) is 16.9 Å². The SMILES string of the molecule is O=C(CCSCc1nc2sc3c(c2c(=O)[nH]1)CCC3)NCc1ccc(-n2cncn2)cc1. The van der Waals surface area contributed by atoms with Gasteiger partial charge in [0, 0.05) is 23.6 Å². The number of nitrogens with zero attached hydrogens (tertiary/aromatic N) is 4. The highest BCUT2D eigenvalue weighted by molar-refractivity contribution is 7.98. The number of fused-ring (bicyclic) bond motifs is 3. The van der Waals surface area contributed by atoms with Crippen LogP contribution >= 0.6 is 23.1 Å². The van der Waals surface area contributed by atoms with Crippen LogP contribution in [0.25, 0.3) is 15.9 Å². The van der Waals surface area contributed by atoms with Gasteiger partial charge in [0.15, 0.2) is 0 Å². The van der Waals surface area contributed by atoms with Crippen molar-refractivity contribution >= 4 is 39.2 Å². The number of rotatable bonds is 8. The molecule has 1 amide bonds. The van der Waals surface area contributed by atoms with Crippen LogP contribution in [0.5, 0.6) is 0 Å². The maximum absolute atomic E-state index is 12.5. The number of thiophene rings is 1. The fourth-order valence-corrected chi connectivity index (χ4v) is 5.93. The highest BCUT2D eigenvalue weighted by Crippen LogP contribution is 2.34. The van der Waals surface area contributed by atoms with Crippen LogP contribution < -0.4 is 10.9 Å². The van der Waals surface area contributed by atoms with E-state index in [1.165, 1.54) is 16.8 Å². The molecule has 10 heteroatoms. The van der Waals surface area contributed by atoms with Crippen molar-refractivity contribution in [2.75, 3.05) is 5.75 Å². The van der Waals surface area contributed by atoms with Gasteiger partial charge in [0.25, 0.3) is 5.56 Å². The van der Waals surface area contributed by atoms with E-state index in [1.807, 2.05) is 24.3 Å². The summed E-state index contributed by atoms with van der Waals surface area (Å²) < 4.78 is 1.69. The molecule has 1 aliphatic rings. The maximum atomic E-state index is 12.5. The van der Waals surface area contributed by atoms with E-state index in [-0.39, 0.29) is 11.5 Å². The van der Waals surface area contributed by atoms with Crippen LogP contribution in [0.15, 0.2) is 41.7 Å². The van der Waals surface area contributed by atoms with E-state index >= 15 is 0 Å². The average molecular weight is 467 g/mol. The van der Waals surface area contributed by atoms with E-state index in [4.69, 9.17) is 0 Å². The van der Waals surface area contributed by atoms with Crippen LogP contribution in [0.3, 0.4) is 0 Å². The zero-order valence-electron chi connectivity index (χ0n) is 17.3. The van der Waals surface area contributed by atoms with E-state index in [1.54, 1.807) is 34.1 Å². The lowest BCUT2D eigenvalue weighted by molar-refractivity contribution is -0.120. The van der Waals surface area contributed by atoms with Gasteiger partial charge in [-0.1, -0.05) is 12.1 Å². The molecule has 1 aromatic carbocycles. The topological polar surface area (TPSA) is 106 Å². The predicted octanol–water partition coefficient (Wildman–Crippen LogP) is 2.99. The quantitative estimate of drug-likeness (QED) is 0.387. The smallest absolute Gasteiger partial charge is 0.259 e. The van der Waals surface area contributed by atoms with Gasteiger partial charge in [-0.3, -0.25) is 9.59 Å². The first-order chi connectivity index (χ1) is 15.7. The summed E-state index contributed by atoms with van der Waals surface area (Å²) in [5.74, 6) is 1.94. The van der Waals surface area contributed by atoms with E-state index in [2.05, 4.69) is 25.4 Å². The molecule has 0 atom stereocenters. The first-order valence-electron chi connectivity index (χ1n) is 10.5. The van der Waals surface area contributed by atoms with Gasteiger partial charge in [0.1, 0.15) is 23.3 Å². The minimum absolute atomic E-state index is 0.00411. The number of thioether (sulfide) groups is 1. The van der Waals surface area contributed by atoms with Crippen molar-refractivity contribution < 1.29 is 4.79 Å². The van der Waals surface area contributed by atoms with Crippen LogP contribution in [-0.2, 0) is 29.9 Å². The molecule has 8 nitrogen and oxygen atoms in total. The van der Waals surface area contributed by atoms with E-state index < -0.39 is 0 Å². The Hall–Kier alpha value is -2.98. The van der Waals surface area contributed by atoms with E-state index in [0.29, 0.717) is 30.3 Å². The second kappa shape index (κ2) is 9.25. The van der Waals surface area contributed by atoms with Crippen LogP contribution in [0.4, 0.5) is 0 Å². The minimum atomic E-state index is -0.0300. The minimum Gasteiger partial charge on any atom is -0.352 e. The third kappa shape index (κ3) is 4.46. The van der Waals surface area contributed by atoms with E-state index in [9.17, 15) is 9.59 Å². The predicted molar refractivity (Wildman–Crippen MR) is 126 cm³/mol. The largest absolute Gasteiger partial charge is 0.352 e. The van der Waals surface area contributed by atoms with E-state index in [0.717, 1.165) is 40.7 Å². The molecular weight excluding hydrogens is 444 g/mol. The number of aromatic amines is 1. The molecule has 1 aliphatic carbocycles. The van der Waals surface area contributed by atoms with Gasteiger partial charge in [-0.15, -0.1) is 11.3 Å². The summed E-state index contributed by atoms with van der Waals surface area (Å²) in [5, 5.41) is 7.83. The Bertz CT molecular complexity index is 1290. The monoisotopic (exact) mass is 466 g/mol. The number of H-pyrrole nitrogens is 1. The molecular formula is C22H22N6O2S2. The number of amides is 1. The van der Waals surface area contributed by atoms with Gasteiger partial charge in [0.2, 0.25) is 5.91 Å². The van der Waals surface area contributed by atoms with Crippen LogP contribution in [0.2, 0.25) is 0 Å². The lowest BCUT2D eigenvalue weighted by atomic mass is 10.2. The molecule has 0 saturated heterocycles. The van der Waals surface area contributed by atoms with Crippen molar-refractivity contribution in [3.63, 3.8) is 0 Å². The number of benzene rings is 1. The molecule has 3 aromatic heterocycles. The molecule has 3 heterocycles. The fourth-order valence-electron chi connectivity index (χ4n) is 3.85. The summed E-state index contributed by atoms with van der Waals surface area (Å²) >= 11 is 3.25. The number of hydrogen-bond donors (Lipinski definition) is 2. The van der Waals surface area contributed by atoms with Crippen molar-refractivity contribution in [2.45, 2.75) is 38.0 Å². The van der Waals surface area contributed by atoms with Crippen LogP contribution in [0.1, 0.15) is 34.7 Å². The molecule has 2 N–H and O–H groups in total. The number of aryl methyl sites for hydroxylation is 2. The van der Waals surface area contributed by atoms with Crippen molar-refractivity contribution in [1.82, 2.24) is 30.0 Å². The molecule has 32 heavy (non-hydrogen) atoms. The Kier molecular flexibility index (Phi) is 6.04. The van der Waals surface area contributed by atoms with Gasteiger partial charge in [0.05, 0.1) is 16.8 Å². The van der Waals surface area contributed by atoms with Crippen LogP contribution in [0, 0.1) is 0 Å². The Morgan fingerprint density at radius 3 is 2.94 bits per heavy atom. The van der Waals surface area contributed by atoms with Gasteiger partial charge in [-0.05, 0) is 42.5 Å². The normalized spacial score (nSPS) is 12.9. The molecule has 0 unspecified atom stereocenters. The first kappa shape index (κ1) is 20.9. The summed E-state index contributed by atoms with van der Waals surface area (Å²) in [4.78, 5) is 38.3. The fraction of sp³-hybridized carbons (Fsp3) is 0.318. The highest BCUT2D eigenvalue weighted by atomic mass is 32.2. The molecule has 0 spiro atoms. The summed E-state index contributed by atoms with van der Waals surface area (Å²) in [5.41, 5.74) is 3.11. The Labute approximate surface area is 192 Å². The molecule has 0 fully saturated rings. The zero-order valence-corrected chi connectivity index (χ0v) is 19.0. The van der Waals surface area contributed by atoms with Gasteiger partial charge < -0.3 is 10.3 Å². The second-order valence-electron chi connectivity index (χ2n) is 7.64. The standard InChI is InChI=1S/C22H22N6O2S2/c29-19(24-10-14-4-6-15(7-5-14)28-13-23-12-25-28)8-9-31-11-18-26-21(30)20-16-2-1-3-17(16)32-22(20)27-18/h4-7,12-13H,1-3,8-11H2,(H,24,29)(H,26,27,30). The third-order valence-electron chi connectivity index (χ3n) is 5.45. The number of nitrogens with one attached hydrogen (secondary N) is 2. The van der Waals surface area contributed by atoms with Gasteiger partial charge in [-0.25, -0.2) is 14.6 Å². The van der Waals surface area contributed by atoms with Crippen LogP contribution in [-0.4, -0.2) is 36.4 Å². The molecule has 0 bridgehead atoms. The van der Waals surface area contributed by atoms with Crippen molar-refractivity contribution in [3.8, 4) is 5.69 Å². The lowest BCUT2D eigenvalue weighted by Crippen LogP contribution is -2.23. The molecule has 164 valence electrons. The maximum Gasteiger partial charge on any atom is 0.259 e. The Morgan fingerprint density at radius 1 is 1.25 bits per heavy atom. The molecule has 0 saturated carbocycles. The van der Waals surface area contributed by atoms with Crippen molar-refractivity contribution in [3.05, 3.63) is 69.1 Å². The summed E-state index contributed by atoms with van der Waals surface area (Å²) in [6.45, 7) is 0.482. The lowest BCUT2D eigenvalue weighted by Gasteiger charge is -2.07. The van der Waals surface area contributed by atoms with Crippen molar-refractivity contribution in [2.24, 2.45) is 0 Å². The molecule has 0 radical (unpaired) electrons. The number of carbonyl (C=O) groups is 1. The third-order valence-corrected chi connectivity index (χ3v) is 7.60. The second-order valence-corrected chi connectivity index (χ2v) is 9.82. The first-order valence-corrected chi connectivity index (χ1v) is 12.5. The molecule has 4 aromatic rings. The summed E-state index contributed by atoms with van der Waals surface area (Å²) in [7, 11) is 0. The Balaban J connectivity index is 1.07. The van der Waals surface area contributed by atoms with Gasteiger partial charge >= 0.3 is 0 Å². The summed E-state index contributed by atoms with van der Waals surface area (Å²) in [6, 6.07) is 7.81. The number of carbonyl (C=O) groups excluding carboxylic acids is 1. The highest BCUT2D eigenvalue weighted by Gasteiger charge is 2.21. The molecule has 0 aliphatic heterocycles. The summed E-state index contributed by atoms with van der Waals surface area (Å²) in [6.07, 6.45) is 6.72. The zero-order chi connectivity index (χ0) is 21.9. The number of aromatic nitrogens is 5. The average Bonchev–Trinajstić information content (AvgIpc) is 3.53.